The van der Waals surface area contributed by atoms with Gasteiger partial charge in [-0.15, -0.1) is 0 Å². The molecule has 0 spiro atoms. The van der Waals surface area contributed by atoms with Crippen LogP contribution in [0.2, 0.25) is 0 Å². The predicted octanol–water partition coefficient (Wildman–Crippen LogP) is 3.05. The molecule has 0 aromatic heterocycles. The molecular formula is C16H34N2O. The number of ether oxygens (including phenoxy) is 1. The average Bonchev–Trinajstić information content (AvgIpc) is 2.43. The summed E-state index contributed by atoms with van der Waals surface area (Å²) >= 11 is 0. The molecule has 0 aromatic carbocycles. The van der Waals surface area contributed by atoms with Crippen LogP contribution in [-0.2, 0) is 4.74 Å². The van der Waals surface area contributed by atoms with Crippen molar-refractivity contribution < 1.29 is 4.74 Å². The first-order valence-electron chi connectivity index (χ1n) is 8.35. The van der Waals surface area contributed by atoms with Gasteiger partial charge in [0.1, 0.15) is 0 Å². The van der Waals surface area contributed by atoms with E-state index in [9.17, 15) is 0 Å². The van der Waals surface area contributed by atoms with Crippen LogP contribution < -0.4 is 5.32 Å². The van der Waals surface area contributed by atoms with E-state index in [1.165, 1.54) is 57.9 Å². The van der Waals surface area contributed by atoms with E-state index >= 15 is 0 Å². The lowest BCUT2D eigenvalue weighted by atomic mass is 10.1. The first-order chi connectivity index (χ1) is 9.36. The summed E-state index contributed by atoms with van der Waals surface area (Å²) in [6.07, 6.45) is 11.7. The third-order valence-electron chi connectivity index (χ3n) is 3.98. The highest BCUT2D eigenvalue weighted by molar-refractivity contribution is 4.72. The minimum atomic E-state index is 0.396. The molecule has 1 unspecified atom stereocenters. The van der Waals surface area contributed by atoms with Crippen LogP contribution >= 0.6 is 0 Å². The normalized spacial score (nSPS) is 20.8. The third-order valence-corrected chi connectivity index (χ3v) is 3.98. The summed E-state index contributed by atoms with van der Waals surface area (Å²) in [6, 6.07) is 0. The second kappa shape index (κ2) is 11.7. The predicted molar refractivity (Wildman–Crippen MR) is 82.7 cm³/mol. The van der Waals surface area contributed by atoms with Gasteiger partial charge in [0.15, 0.2) is 0 Å². The summed E-state index contributed by atoms with van der Waals surface area (Å²) in [5.41, 5.74) is 0. The van der Waals surface area contributed by atoms with Crippen LogP contribution in [0.25, 0.3) is 0 Å². The van der Waals surface area contributed by atoms with Crippen LogP contribution in [0.4, 0.5) is 0 Å². The zero-order chi connectivity index (χ0) is 13.8. The largest absolute Gasteiger partial charge is 0.374 e. The molecule has 1 atom stereocenters. The van der Waals surface area contributed by atoms with Crippen molar-refractivity contribution in [3.63, 3.8) is 0 Å². The van der Waals surface area contributed by atoms with Crippen molar-refractivity contribution in [3.8, 4) is 0 Å². The van der Waals surface area contributed by atoms with Gasteiger partial charge in [-0.2, -0.15) is 0 Å². The number of hydrogen-bond acceptors (Lipinski definition) is 3. The maximum absolute atomic E-state index is 5.73. The SMILES string of the molecule is CCCCCCCCCCN1CCOC(CNC)C1. The van der Waals surface area contributed by atoms with Gasteiger partial charge in [0.2, 0.25) is 0 Å². The Bertz CT molecular complexity index is 197. The number of morpholine rings is 1. The Kier molecular flexibility index (Phi) is 10.4. The summed E-state index contributed by atoms with van der Waals surface area (Å²) in [7, 11) is 2.00. The Morgan fingerprint density at radius 1 is 1.05 bits per heavy atom. The average molecular weight is 270 g/mol. The fourth-order valence-electron chi connectivity index (χ4n) is 2.80. The van der Waals surface area contributed by atoms with E-state index in [0.29, 0.717) is 6.10 Å². The lowest BCUT2D eigenvalue weighted by Crippen LogP contribution is -2.46. The monoisotopic (exact) mass is 270 g/mol. The van der Waals surface area contributed by atoms with Gasteiger partial charge in [0.05, 0.1) is 12.7 Å². The van der Waals surface area contributed by atoms with Gasteiger partial charge in [-0.05, 0) is 20.0 Å². The fourth-order valence-corrected chi connectivity index (χ4v) is 2.80. The number of likely N-dealkylation sites (N-methyl/N-ethyl adjacent to an activating group) is 1. The molecule has 0 radical (unpaired) electrons. The Morgan fingerprint density at radius 3 is 2.42 bits per heavy atom. The van der Waals surface area contributed by atoms with Gasteiger partial charge in [0.25, 0.3) is 0 Å². The van der Waals surface area contributed by atoms with Crippen LogP contribution in [0, 0.1) is 0 Å². The second-order valence-electron chi connectivity index (χ2n) is 5.83. The van der Waals surface area contributed by atoms with Crippen LogP contribution in [0.15, 0.2) is 0 Å². The minimum Gasteiger partial charge on any atom is -0.374 e. The standard InChI is InChI=1S/C16H34N2O/c1-3-4-5-6-7-8-9-10-11-18-12-13-19-16(15-18)14-17-2/h16-17H,3-15H2,1-2H3. The number of nitrogens with one attached hydrogen (secondary N) is 1. The maximum atomic E-state index is 5.73. The van der Waals surface area contributed by atoms with Crippen molar-refractivity contribution in [2.24, 2.45) is 0 Å². The number of unbranched alkanes of at least 4 members (excludes halogenated alkanes) is 7. The second-order valence-corrected chi connectivity index (χ2v) is 5.83. The highest BCUT2D eigenvalue weighted by Crippen LogP contribution is 2.10. The Hall–Kier alpha value is -0.120. The van der Waals surface area contributed by atoms with E-state index in [4.69, 9.17) is 4.74 Å². The highest BCUT2D eigenvalue weighted by Gasteiger charge is 2.18. The van der Waals surface area contributed by atoms with Crippen LogP contribution in [0.1, 0.15) is 58.3 Å². The molecule has 1 rings (SSSR count). The molecule has 114 valence electrons. The third kappa shape index (κ3) is 8.61. The minimum absolute atomic E-state index is 0.396. The van der Waals surface area contributed by atoms with Crippen molar-refractivity contribution in [2.75, 3.05) is 39.8 Å². The fraction of sp³-hybridized carbons (Fsp3) is 1.00. The molecule has 0 aliphatic carbocycles. The lowest BCUT2D eigenvalue weighted by molar-refractivity contribution is -0.0266. The van der Waals surface area contributed by atoms with Gasteiger partial charge < -0.3 is 10.1 Å². The van der Waals surface area contributed by atoms with Gasteiger partial charge >= 0.3 is 0 Å². The molecule has 3 nitrogen and oxygen atoms in total. The summed E-state index contributed by atoms with van der Waals surface area (Å²) < 4.78 is 5.73. The maximum Gasteiger partial charge on any atom is 0.0826 e. The lowest BCUT2D eigenvalue weighted by Gasteiger charge is -2.32. The van der Waals surface area contributed by atoms with Crippen molar-refractivity contribution in [1.82, 2.24) is 10.2 Å². The zero-order valence-electron chi connectivity index (χ0n) is 13.1. The summed E-state index contributed by atoms with van der Waals surface area (Å²) in [4.78, 5) is 2.57. The first-order valence-corrected chi connectivity index (χ1v) is 8.35. The number of nitrogens with zero attached hydrogens (tertiary/aromatic N) is 1. The molecule has 1 aliphatic heterocycles. The van der Waals surface area contributed by atoms with Gasteiger partial charge in [-0.25, -0.2) is 0 Å². The van der Waals surface area contributed by atoms with E-state index in [1.54, 1.807) is 0 Å². The van der Waals surface area contributed by atoms with Gasteiger partial charge in [-0.3, -0.25) is 4.90 Å². The van der Waals surface area contributed by atoms with Crippen LogP contribution in [0.3, 0.4) is 0 Å². The molecule has 19 heavy (non-hydrogen) atoms. The molecular weight excluding hydrogens is 236 g/mol. The molecule has 0 amide bonds. The van der Waals surface area contributed by atoms with Crippen molar-refractivity contribution in [3.05, 3.63) is 0 Å². The molecule has 1 heterocycles. The van der Waals surface area contributed by atoms with Crippen molar-refractivity contribution in [2.45, 2.75) is 64.4 Å². The number of rotatable bonds is 11. The quantitative estimate of drug-likeness (QED) is 0.584. The summed E-state index contributed by atoms with van der Waals surface area (Å²) in [6.45, 7) is 7.66. The topological polar surface area (TPSA) is 24.5 Å². The molecule has 3 heteroatoms. The Morgan fingerprint density at radius 2 is 1.74 bits per heavy atom. The van der Waals surface area contributed by atoms with Gasteiger partial charge in [0, 0.05) is 19.6 Å². The summed E-state index contributed by atoms with van der Waals surface area (Å²) in [5, 5.41) is 3.21. The van der Waals surface area contributed by atoms with E-state index in [0.717, 1.165) is 26.2 Å². The van der Waals surface area contributed by atoms with Gasteiger partial charge in [-0.1, -0.05) is 51.9 Å². The van der Waals surface area contributed by atoms with Crippen LogP contribution in [0.5, 0.6) is 0 Å². The molecule has 1 saturated heterocycles. The Balaban J connectivity index is 1.91. The van der Waals surface area contributed by atoms with Crippen LogP contribution in [-0.4, -0.2) is 50.8 Å². The molecule has 0 aromatic rings. The van der Waals surface area contributed by atoms with E-state index < -0.39 is 0 Å². The van der Waals surface area contributed by atoms with E-state index in [1.807, 2.05) is 7.05 Å². The Labute approximate surface area is 120 Å². The number of hydrogen-bond donors (Lipinski definition) is 1. The molecule has 0 bridgehead atoms. The van der Waals surface area contributed by atoms with E-state index in [-0.39, 0.29) is 0 Å². The molecule has 1 N–H and O–H groups in total. The highest BCUT2D eigenvalue weighted by atomic mass is 16.5. The smallest absolute Gasteiger partial charge is 0.0826 e. The summed E-state index contributed by atoms with van der Waals surface area (Å²) in [5.74, 6) is 0. The van der Waals surface area contributed by atoms with Crippen molar-refractivity contribution >= 4 is 0 Å². The van der Waals surface area contributed by atoms with E-state index in [2.05, 4.69) is 17.1 Å². The first kappa shape index (κ1) is 16.9. The molecule has 1 aliphatic rings. The zero-order valence-corrected chi connectivity index (χ0v) is 13.1. The van der Waals surface area contributed by atoms with Crippen molar-refractivity contribution in [1.29, 1.82) is 0 Å². The molecule has 0 saturated carbocycles. The molecule has 1 fully saturated rings.